The molecule has 4 aromatic rings. The Bertz CT molecular complexity index is 1530. The lowest BCUT2D eigenvalue weighted by Gasteiger charge is -2.15. The van der Waals surface area contributed by atoms with E-state index >= 15 is 0 Å². The zero-order valence-corrected chi connectivity index (χ0v) is 18.0. The molecule has 0 amide bonds. The molecule has 1 heterocycles. The molecule has 0 aliphatic heterocycles. The smallest absolute Gasteiger partial charge is 0.269 e. The summed E-state index contributed by atoms with van der Waals surface area (Å²) in [6, 6.07) is 16.6. The first-order chi connectivity index (χ1) is 15.2. The number of hydrogen-bond donors (Lipinski definition) is 1. The monoisotopic (exact) mass is 450 g/mol. The number of rotatable bonds is 5. The van der Waals surface area contributed by atoms with Gasteiger partial charge in [0.25, 0.3) is 21.3 Å². The number of nitro benzene ring substituents is 1. The van der Waals surface area contributed by atoms with E-state index in [1.165, 1.54) is 16.7 Å². The Morgan fingerprint density at radius 3 is 2.34 bits per heavy atom. The minimum atomic E-state index is -3.95. The van der Waals surface area contributed by atoms with Crippen molar-refractivity contribution in [2.24, 2.45) is 0 Å². The van der Waals surface area contributed by atoms with Crippen LogP contribution in [0.2, 0.25) is 0 Å². The highest BCUT2D eigenvalue weighted by atomic mass is 32.2. The molecule has 162 valence electrons. The standard InChI is InChI=1S/C22H18N4O5S/c1-14-13-17(25-15(2)23-21-6-4-3-5-19(21)22(25)27)9-12-20(14)24-32(30,31)18-10-7-16(8-11-18)26(28)29/h3-13,24H,1-2H3. The number of nitrogens with one attached hydrogen (secondary N) is 1. The molecule has 32 heavy (non-hydrogen) atoms. The lowest BCUT2D eigenvalue weighted by atomic mass is 10.1. The summed E-state index contributed by atoms with van der Waals surface area (Å²) in [6.45, 7) is 3.44. The van der Waals surface area contributed by atoms with Crippen LogP contribution >= 0.6 is 0 Å². The molecule has 0 unspecified atom stereocenters. The number of aromatic nitrogens is 2. The first-order valence-electron chi connectivity index (χ1n) is 9.54. The summed E-state index contributed by atoms with van der Waals surface area (Å²) in [5.74, 6) is 0.507. The fraction of sp³-hybridized carbons (Fsp3) is 0.0909. The highest BCUT2D eigenvalue weighted by molar-refractivity contribution is 7.92. The largest absolute Gasteiger partial charge is 0.279 e. The second-order valence-corrected chi connectivity index (χ2v) is 8.85. The van der Waals surface area contributed by atoms with Gasteiger partial charge in [-0.2, -0.15) is 0 Å². The van der Waals surface area contributed by atoms with E-state index in [0.29, 0.717) is 33.7 Å². The van der Waals surface area contributed by atoms with Crippen molar-refractivity contribution in [3.8, 4) is 5.69 Å². The molecule has 0 fully saturated rings. The maximum atomic E-state index is 13.0. The number of aryl methyl sites for hydroxylation is 2. The number of benzene rings is 3. The van der Waals surface area contributed by atoms with Gasteiger partial charge in [-0.15, -0.1) is 0 Å². The van der Waals surface area contributed by atoms with E-state index in [-0.39, 0.29) is 16.1 Å². The van der Waals surface area contributed by atoms with Gasteiger partial charge in [0.1, 0.15) is 5.82 Å². The Morgan fingerprint density at radius 2 is 1.69 bits per heavy atom. The first kappa shape index (κ1) is 21.2. The zero-order chi connectivity index (χ0) is 23.0. The van der Waals surface area contributed by atoms with Crippen molar-refractivity contribution in [1.29, 1.82) is 0 Å². The van der Waals surface area contributed by atoms with Gasteiger partial charge in [0.05, 0.1) is 32.1 Å². The Morgan fingerprint density at radius 1 is 1.00 bits per heavy atom. The molecule has 1 N–H and O–H groups in total. The molecule has 0 atom stereocenters. The van der Waals surface area contributed by atoms with Crippen molar-refractivity contribution in [3.05, 3.63) is 98.6 Å². The number of para-hydroxylation sites is 1. The first-order valence-corrected chi connectivity index (χ1v) is 11.0. The lowest BCUT2D eigenvalue weighted by Crippen LogP contribution is -2.22. The Hall–Kier alpha value is -4.05. The molecular weight excluding hydrogens is 432 g/mol. The van der Waals surface area contributed by atoms with Crippen molar-refractivity contribution < 1.29 is 13.3 Å². The van der Waals surface area contributed by atoms with Crippen molar-refractivity contribution in [2.45, 2.75) is 18.7 Å². The SMILES string of the molecule is Cc1cc(-n2c(C)nc3ccccc3c2=O)ccc1NS(=O)(=O)c1ccc([N+](=O)[O-])cc1. The third-order valence-electron chi connectivity index (χ3n) is 5.01. The third kappa shape index (κ3) is 3.83. The normalized spacial score (nSPS) is 11.4. The maximum Gasteiger partial charge on any atom is 0.269 e. The molecule has 9 nitrogen and oxygen atoms in total. The van der Waals surface area contributed by atoms with E-state index < -0.39 is 14.9 Å². The van der Waals surface area contributed by atoms with Gasteiger partial charge in [-0.25, -0.2) is 13.4 Å². The van der Waals surface area contributed by atoms with Crippen LogP contribution in [0.15, 0.2) is 76.4 Å². The molecule has 1 aromatic heterocycles. The maximum absolute atomic E-state index is 13.0. The Labute approximate surface area is 183 Å². The molecule has 0 saturated carbocycles. The summed E-state index contributed by atoms with van der Waals surface area (Å²) in [5, 5.41) is 11.3. The van der Waals surface area contributed by atoms with Gasteiger partial charge in [-0.1, -0.05) is 12.1 Å². The second-order valence-electron chi connectivity index (χ2n) is 7.17. The van der Waals surface area contributed by atoms with Crippen LogP contribution < -0.4 is 10.3 Å². The fourth-order valence-corrected chi connectivity index (χ4v) is 4.53. The molecule has 0 aliphatic rings. The van der Waals surface area contributed by atoms with Gasteiger partial charge in [0.2, 0.25) is 0 Å². The number of anilines is 1. The summed E-state index contributed by atoms with van der Waals surface area (Å²) in [6.07, 6.45) is 0. The molecule has 0 spiro atoms. The van der Waals surface area contributed by atoms with Crippen LogP contribution in [0.25, 0.3) is 16.6 Å². The molecule has 0 saturated heterocycles. The van der Waals surface area contributed by atoms with Crippen molar-refractivity contribution in [2.75, 3.05) is 4.72 Å². The lowest BCUT2D eigenvalue weighted by molar-refractivity contribution is -0.384. The summed E-state index contributed by atoms with van der Waals surface area (Å²) in [5.41, 5.74) is 1.66. The van der Waals surface area contributed by atoms with Crippen LogP contribution in [-0.4, -0.2) is 22.9 Å². The topological polar surface area (TPSA) is 124 Å². The average Bonchev–Trinajstić information content (AvgIpc) is 2.75. The predicted molar refractivity (Wildman–Crippen MR) is 121 cm³/mol. The Kier molecular flexibility index (Phi) is 5.23. The highest BCUT2D eigenvalue weighted by Crippen LogP contribution is 2.24. The van der Waals surface area contributed by atoms with E-state index in [2.05, 4.69) is 9.71 Å². The highest BCUT2D eigenvalue weighted by Gasteiger charge is 2.18. The quantitative estimate of drug-likeness (QED) is 0.365. The van der Waals surface area contributed by atoms with Gasteiger partial charge < -0.3 is 0 Å². The van der Waals surface area contributed by atoms with E-state index in [1.807, 2.05) is 6.07 Å². The van der Waals surface area contributed by atoms with Crippen molar-refractivity contribution in [1.82, 2.24) is 9.55 Å². The number of non-ortho nitro benzene ring substituents is 1. The molecule has 3 aromatic carbocycles. The van der Waals surface area contributed by atoms with Crippen LogP contribution in [0.3, 0.4) is 0 Å². The molecule has 0 radical (unpaired) electrons. The van der Waals surface area contributed by atoms with Crippen LogP contribution in [0.4, 0.5) is 11.4 Å². The minimum absolute atomic E-state index is 0.0997. The van der Waals surface area contributed by atoms with E-state index in [4.69, 9.17) is 0 Å². The summed E-state index contributed by atoms with van der Waals surface area (Å²) in [4.78, 5) is 27.6. The van der Waals surface area contributed by atoms with Gasteiger partial charge in [0.15, 0.2) is 0 Å². The van der Waals surface area contributed by atoms with Crippen molar-refractivity contribution in [3.63, 3.8) is 0 Å². The molecule has 0 aliphatic carbocycles. The van der Waals surface area contributed by atoms with Crippen LogP contribution in [-0.2, 0) is 10.0 Å². The predicted octanol–water partition coefficient (Wildman–Crippen LogP) is 3.71. The molecule has 10 heteroatoms. The summed E-state index contributed by atoms with van der Waals surface area (Å²) >= 11 is 0. The van der Waals surface area contributed by atoms with E-state index in [0.717, 1.165) is 12.1 Å². The number of nitrogens with zero attached hydrogens (tertiary/aromatic N) is 3. The summed E-state index contributed by atoms with van der Waals surface area (Å²) in [7, 11) is -3.95. The average molecular weight is 450 g/mol. The number of nitro groups is 1. The van der Waals surface area contributed by atoms with E-state index in [9.17, 15) is 23.3 Å². The molecular formula is C22H18N4O5S. The number of sulfonamides is 1. The third-order valence-corrected chi connectivity index (χ3v) is 6.40. The van der Waals surface area contributed by atoms with Crippen LogP contribution in [0.5, 0.6) is 0 Å². The molecule has 4 rings (SSSR count). The van der Waals surface area contributed by atoms with Gasteiger partial charge >= 0.3 is 0 Å². The van der Waals surface area contributed by atoms with E-state index in [1.54, 1.807) is 50.2 Å². The number of fused-ring (bicyclic) bond motifs is 1. The van der Waals surface area contributed by atoms with Crippen LogP contribution in [0, 0.1) is 24.0 Å². The van der Waals surface area contributed by atoms with Gasteiger partial charge in [-0.3, -0.25) is 24.2 Å². The number of hydrogen-bond acceptors (Lipinski definition) is 6. The zero-order valence-electron chi connectivity index (χ0n) is 17.1. The van der Waals surface area contributed by atoms with Crippen molar-refractivity contribution >= 4 is 32.3 Å². The second kappa shape index (κ2) is 7.89. The minimum Gasteiger partial charge on any atom is -0.279 e. The van der Waals surface area contributed by atoms with Gasteiger partial charge in [-0.05, 0) is 61.9 Å². The summed E-state index contributed by atoms with van der Waals surface area (Å²) < 4.78 is 29.4. The van der Waals surface area contributed by atoms with Gasteiger partial charge in [0, 0.05) is 12.1 Å². The molecule has 0 bridgehead atoms. The van der Waals surface area contributed by atoms with Crippen LogP contribution in [0.1, 0.15) is 11.4 Å². The Balaban J connectivity index is 1.69. The fourth-order valence-electron chi connectivity index (χ4n) is 3.40.